The fraction of sp³-hybridized carbons (Fsp3) is 0.500. The Labute approximate surface area is 204 Å². The van der Waals surface area contributed by atoms with Gasteiger partial charge in [-0.2, -0.15) is 4.99 Å². The summed E-state index contributed by atoms with van der Waals surface area (Å²) in [4.78, 5) is 19.7. The number of nitrogens with zero attached hydrogens (tertiary/aromatic N) is 4. The molecule has 0 atom stereocenters. The Morgan fingerprint density at radius 2 is 1.88 bits per heavy atom. The summed E-state index contributed by atoms with van der Waals surface area (Å²) in [6.45, 7) is 7.25. The third kappa shape index (κ3) is 7.04. The molecule has 0 bridgehead atoms. The molecule has 178 valence electrons. The van der Waals surface area contributed by atoms with Crippen LogP contribution in [0.25, 0.3) is 6.08 Å². The summed E-state index contributed by atoms with van der Waals surface area (Å²) in [6.07, 6.45) is 9.19. The Kier molecular flexibility index (Phi) is 9.75. The van der Waals surface area contributed by atoms with Crippen LogP contribution in [0.2, 0.25) is 0 Å². The van der Waals surface area contributed by atoms with Crippen LogP contribution in [0.3, 0.4) is 0 Å². The normalized spacial score (nSPS) is 16.2. The predicted octanol–water partition coefficient (Wildman–Crippen LogP) is 6.22. The topological polar surface area (TPSA) is 76.9 Å². The van der Waals surface area contributed by atoms with Crippen molar-refractivity contribution in [3.05, 3.63) is 33.7 Å². The number of rotatable bonds is 12. The van der Waals surface area contributed by atoms with Gasteiger partial charge in [0.25, 0.3) is 5.91 Å². The van der Waals surface area contributed by atoms with Gasteiger partial charge < -0.3 is 9.47 Å². The molecule has 1 aliphatic heterocycles. The van der Waals surface area contributed by atoms with Crippen LogP contribution in [0, 0.1) is 6.92 Å². The number of benzene rings is 1. The minimum atomic E-state index is -0.0650. The number of aryl methyl sites for hydroxylation is 1. The highest BCUT2D eigenvalue weighted by Crippen LogP contribution is 2.36. The molecule has 0 saturated carbocycles. The van der Waals surface area contributed by atoms with Gasteiger partial charge in [0.05, 0.1) is 18.6 Å². The summed E-state index contributed by atoms with van der Waals surface area (Å²) < 4.78 is 11.5. The molecule has 1 aliphatic rings. The molecule has 0 radical (unpaired) electrons. The molecule has 0 aliphatic carbocycles. The van der Waals surface area contributed by atoms with Crippen LogP contribution >= 0.6 is 23.1 Å². The molecular weight excluding hydrogens is 456 g/mol. The van der Waals surface area contributed by atoms with Crippen LogP contribution in [0.1, 0.15) is 62.9 Å². The number of thioether (sulfide) groups is 1. The van der Waals surface area contributed by atoms with E-state index >= 15 is 0 Å². The Hall–Kier alpha value is -2.39. The molecule has 1 amide bonds. The first kappa shape index (κ1) is 25.2. The summed E-state index contributed by atoms with van der Waals surface area (Å²) in [7, 11) is 1.63. The van der Waals surface area contributed by atoms with E-state index in [1.165, 1.54) is 55.2 Å². The van der Waals surface area contributed by atoms with Gasteiger partial charge >= 0.3 is 0 Å². The zero-order chi connectivity index (χ0) is 23.6. The Morgan fingerprint density at radius 1 is 1.09 bits per heavy atom. The standard InChI is InChI=1S/C24H32N4O3S2/c1-5-7-8-9-10-11-14-31-19-13-12-18(15-20(19)30-4)16-21-22(29)28(6-2)24(33-21)25-23-27-26-17(3)32-23/h12-13,15-16H,5-11,14H2,1-4H3/b21-16-,25-24+. The Morgan fingerprint density at radius 3 is 2.58 bits per heavy atom. The first-order chi connectivity index (χ1) is 16.0. The maximum atomic E-state index is 12.9. The molecule has 7 nitrogen and oxygen atoms in total. The van der Waals surface area contributed by atoms with Crippen molar-refractivity contribution in [1.29, 1.82) is 0 Å². The van der Waals surface area contributed by atoms with Gasteiger partial charge in [-0.3, -0.25) is 9.69 Å². The fourth-order valence-electron chi connectivity index (χ4n) is 3.39. The molecule has 1 aromatic heterocycles. The van der Waals surface area contributed by atoms with Gasteiger partial charge in [-0.15, -0.1) is 10.2 Å². The molecule has 1 fully saturated rings. The Bertz CT molecular complexity index is 1000. The minimum Gasteiger partial charge on any atom is -0.493 e. The SMILES string of the molecule is CCCCCCCCOc1ccc(/C=C2\S/C(=N/c3nnc(C)s3)N(CC)C2=O)cc1OC. The third-order valence-corrected chi connectivity index (χ3v) is 6.89. The number of hydrogen-bond acceptors (Lipinski definition) is 8. The van der Waals surface area contributed by atoms with Gasteiger partial charge in [0, 0.05) is 6.54 Å². The lowest BCUT2D eigenvalue weighted by Crippen LogP contribution is -2.28. The summed E-state index contributed by atoms with van der Waals surface area (Å²) >= 11 is 2.75. The largest absolute Gasteiger partial charge is 0.493 e. The summed E-state index contributed by atoms with van der Waals surface area (Å²) in [6, 6.07) is 5.75. The number of aromatic nitrogens is 2. The van der Waals surface area contributed by atoms with E-state index in [0.29, 0.717) is 34.1 Å². The first-order valence-corrected chi connectivity index (χ1v) is 13.1. The monoisotopic (exact) mass is 488 g/mol. The van der Waals surface area contributed by atoms with Crippen molar-refractivity contribution in [3.63, 3.8) is 0 Å². The molecule has 3 rings (SSSR count). The number of likely N-dealkylation sites (N-methyl/N-ethyl adjacent to an activating group) is 1. The van der Waals surface area contributed by atoms with Crippen LogP contribution < -0.4 is 9.47 Å². The third-order valence-electron chi connectivity index (χ3n) is 5.15. The van der Waals surface area contributed by atoms with E-state index in [4.69, 9.17) is 9.47 Å². The van der Waals surface area contributed by atoms with E-state index in [9.17, 15) is 4.79 Å². The van der Waals surface area contributed by atoms with E-state index < -0.39 is 0 Å². The molecule has 9 heteroatoms. The van der Waals surface area contributed by atoms with Crippen molar-refractivity contribution in [2.45, 2.75) is 59.3 Å². The average molecular weight is 489 g/mol. The maximum absolute atomic E-state index is 12.9. The van der Waals surface area contributed by atoms with Crippen LogP contribution in [0.5, 0.6) is 11.5 Å². The number of methoxy groups -OCH3 is 1. The zero-order valence-corrected chi connectivity index (χ0v) is 21.4. The number of ether oxygens (including phenoxy) is 2. The summed E-state index contributed by atoms with van der Waals surface area (Å²) in [5, 5.41) is 10.1. The molecule has 0 unspecified atom stereocenters. The van der Waals surface area contributed by atoms with Crippen LogP contribution in [0.15, 0.2) is 28.1 Å². The lowest BCUT2D eigenvalue weighted by Gasteiger charge is -2.12. The van der Waals surface area contributed by atoms with Crippen LogP contribution in [-0.2, 0) is 4.79 Å². The molecule has 0 N–H and O–H groups in total. The summed E-state index contributed by atoms with van der Waals surface area (Å²) in [5.74, 6) is 1.32. The van der Waals surface area contributed by atoms with Gasteiger partial charge in [-0.25, -0.2) is 0 Å². The van der Waals surface area contributed by atoms with Crippen molar-refractivity contribution in [2.75, 3.05) is 20.3 Å². The van der Waals surface area contributed by atoms with Gasteiger partial charge in [0.15, 0.2) is 16.7 Å². The van der Waals surface area contributed by atoms with E-state index in [0.717, 1.165) is 22.7 Å². The molecule has 0 spiro atoms. The van der Waals surface area contributed by atoms with Crippen LogP contribution in [-0.4, -0.2) is 46.4 Å². The predicted molar refractivity (Wildman–Crippen MR) is 137 cm³/mol. The highest BCUT2D eigenvalue weighted by Gasteiger charge is 2.32. The van der Waals surface area contributed by atoms with Crippen molar-refractivity contribution >= 4 is 45.4 Å². The molecule has 1 aromatic carbocycles. The molecule has 2 aromatic rings. The fourth-order valence-corrected chi connectivity index (χ4v) is 5.05. The van der Waals surface area contributed by atoms with E-state index in [1.54, 1.807) is 12.0 Å². The highest BCUT2D eigenvalue weighted by atomic mass is 32.2. The van der Waals surface area contributed by atoms with E-state index in [2.05, 4.69) is 22.1 Å². The first-order valence-electron chi connectivity index (χ1n) is 11.5. The van der Waals surface area contributed by atoms with Crippen molar-refractivity contribution in [2.24, 2.45) is 4.99 Å². The number of amides is 1. The number of hydrogen-bond donors (Lipinski definition) is 0. The second-order valence-corrected chi connectivity index (χ2v) is 9.85. The van der Waals surface area contributed by atoms with Gasteiger partial charge in [-0.05, 0) is 55.8 Å². The molecule has 1 saturated heterocycles. The minimum absolute atomic E-state index is 0.0650. The average Bonchev–Trinajstić information content (AvgIpc) is 3.35. The van der Waals surface area contributed by atoms with E-state index in [1.807, 2.05) is 38.1 Å². The molecule has 33 heavy (non-hydrogen) atoms. The maximum Gasteiger partial charge on any atom is 0.266 e. The molecular formula is C24H32N4O3S2. The Balaban J connectivity index is 1.67. The lowest BCUT2D eigenvalue weighted by molar-refractivity contribution is -0.122. The number of carbonyl (C=O) groups is 1. The number of unbranched alkanes of at least 4 members (excludes halogenated alkanes) is 5. The second-order valence-electron chi connectivity index (χ2n) is 7.68. The number of amidine groups is 1. The van der Waals surface area contributed by atoms with Gasteiger partial charge in [0.1, 0.15) is 5.01 Å². The van der Waals surface area contributed by atoms with Crippen molar-refractivity contribution in [1.82, 2.24) is 15.1 Å². The van der Waals surface area contributed by atoms with Gasteiger partial charge in [0.2, 0.25) is 5.13 Å². The van der Waals surface area contributed by atoms with Gasteiger partial charge in [-0.1, -0.05) is 56.4 Å². The van der Waals surface area contributed by atoms with Crippen molar-refractivity contribution < 1.29 is 14.3 Å². The summed E-state index contributed by atoms with van der Waals surface area (Å²) in [5.41, 5.74) is 0.874. The molecule has 2 heterocycles. The lowest BCUT2D eigenvalue weighted by atomic mass is 10.1. The smallest absolute Gasteiger partial charge is 0.266 e. The zero-order valence-electron chi connectivity index (χ0n) is 19.8. The highest BCUT2D eigenvalue weighted by molar-refractivity contribution is 8.18. The number of aliphatic imine (C=N–C) groups is 1. The quantitative estimate of drug-likeness (QED) is 0.261. The number of carbonyl (C=O) groups excluding carboxylic acids is 1. The van der Waals surface area contributed by atoms with Crippen molar-refractivity contribution in [3.8, 4) is 11.5 Å². The van der Waals surface area contributed by atoms with Crippen LogP contribution in [0.4, 0.5) is 5.13 Å². The second kappa shape index (κ2) is 12.7. The van der Waals surface area contributed by atoms with E-state index in [-0.39, 0.29) is 5.91 Å².